The standard InChI is InChI=1S/C15H22FN3/c1-2-19(14-11-7-6-10-13(14)16)15(17)18-12-8-4-3-5-9-12/h6-7,10-12H,2-5,8-9H2,1H3,(H2,17,18). The molecule has 0 spiro atoms. The molecule has 0 heterocycles. The summed E-state index contributed by atoms with van der Waals surface area (Å²) in [5, 5.41) is 0. The Bertz CT molecular complexity index is 439. The molecule has 0 unspecified atom stereocenters. The van der Waals surface area contributed by atoms with Crippen LogP contribution in [0, 0.1) is 5.82 Å². The second-order valence-electron chi connectivity index (χ2n) is 4.97. The number of halogens is 1. The molecular formula is C15H22FN3. The van der Waals surface area contributed by atoms with E-state index in [0.717, 1.165) is 12.8 Å². The van der Waals surface area contributed by atoms with Crippen LogP contribution in [0.25, 0.3) is 0 Å². The van der Waals surface area contributed by atoms with E-state index in [1.807, 2.05) is 13.0 Å². The average molecular weight is 263 g/mol. The Labute approximate surface area is 114 Å². The molecule has 0 aliphatic heterocycles. The summed E-state index contributed by atoms with van der Waals surface area (Å²) >= 11 is 0. The van der Waals surface area contributed by atoms with E-state index in [0.29, 0.717) is 24.2 Å². The van der Waals surface area contributed by atoms with E-state index in [4.69, 9.17) is 5.73 Å². The normalized spacial score (nSPS) is 17.5. The molecule has 0 saturated heterocycles. The minimum Gasteiger partial charge on any atom is -0.370 e. The number of rotatable bonds is 3. The fourth-order valence-electron chi connectivity index (χ4n) is 2.59. The quantitative estimate of drug-likeness (QED) is 0.671. The first kappa shape index (κ1) is 13.8. The van der Waals surface area contributed by atoms with Gasteiger partial charge in [0.2, 0.25) is 0 Å². The van der Waals surface area contributed by atoms with Crippen LogP contribution < -0.4 is 10.6 Å². The van der Waals surface area contributed by atoms with Crippen molar-refractivity contribution in [3.63, 3.8) is 0 Å². The first-order valence-electron chi connectivity index (χ1n) is 7.07. The van der Waals surface area contributed by atoms with Gasteiger partial charge in [-0.2, -0.15) is 0 Å². The van der Waals surface area contributed by atoms with Gasteiger partial charge >= 0.3 is 0 Å². The lowest BCUT2D eigenvalue weighted by atomic mass is 9.96. The van der Waals surface area contributed by atoms with Crippen molar-refractivity contribution in [2.75, 3.05) is 11.4 Å². The SMILES string of the molecule is CCN(C(N)=NC1CCCCC1)c1ccccc1F. The summed E-state index contributed by atoms with van der Waals surface area (Å²) in [5.74, 6) is 0.172. The van der Waals surface area contributed by atoms with E-state index in [9.17, 15) is 4.39 Å². The Balaban J connectivity index is 2.16. The molecule has 4 heteroatoms. The van der Waals surface area contributed by atoms with Gasteiger partial charge in [-0.3, -0.25) is 0 Å². The van der Waals surface area contributed by atoms with Crippen molar-refractivity contribution in [3.8, 4) is 0 Å². The zero-order chi connectivity index (χ0) is 13.7. The summed E-state index contributed by atoms with van der Waals surface area (Å²) in [6, 6.07) is 6.99. The minimum atomic E-state index is -0.258. The Kier molecular flexibility index (Phi) is 4.77. The lowest BCUT2D eigenvalue weighted by molar-refractivity contribution is 0.442. The van der Waals surface area contributed by atoms with Gasteiger partial charge in [0.15, 0.2) is 5.96 Å². The molecule has 1 aliphatic carbocycles. The van der Waals surface area contributed by atoms with Crippen molar-refractivity contribution in [2.45, 2.75) is 45.1 Å². The number of nitrogens with zero attached hydrogens (tertiary/aromatic N) is 2. The predicted octanol–water partition coefficient (Wildman–Crippen LogP) is 3.30. The van der Waals surface area contributed by atoms with Gasteiger partial charge in [0.1, 0.15) is 5.82 Å². The lowest BCUT2D eigenvalue weighted by Gasteiger charge is -2.25. The number of benzene rings is 1. The Hall–Kier alpha value is -1.58. The van der Waals surface area contributed by atoms with Gasteiger partial charge in [-0.05, 0) is 31.9 Å². The number of hydrogen-bond donors (Lipinski definition) is 1. The summed E-state index contributed by atoms with van der Waals surface area (Å²) in [6.07, 6.45) is 5.91. The fourth-order valence-corrected chi connectivity index (χ4v) is 2.59. The maximum atomic E-state index is 13.8. The summed E-state index contributed by atoms with van der Waals surface area (Å²) in [4.78, 5) is 6.32. The third-order valence-electron chi connectivity index (χ3n) is 3.63. The number of para-hydroxylation sites is 1. The molecule has 2 rings (SSSR count). The Morgan fingerprint density at radius 3 is 2.63 bits per heavy atom. The largest absolute Gasteiger partial charge is 0.370 e. The zero-order valence-electron chi connectivity index (χ0n) is 11.5. The summed E-state index contributed by atoms with van der Waals surface area (Å²) in [7, 11) is 0. The number of nitrogens with two attached hydrogens (primary N) is 1. The van der Waals surface area contributed by atoms with Gasteiger partial charge in [-0.1, -0.05) is 31.4 Å². The Morgan fingerprint density at radius 1 is 1.32 bits per heavy atom. The molecule has 0 bridgehead atoms. The minimum absolute atomic E-state index is 0.258. The second kappa shape index (κ2) is 6.55. The molecule has 0 amide bonds. The molecular weight excluding hydrogens is 241 g/mol. The van der Waals surface area contributed by atoms with Gasteiger partial charge < -0.3 is 10.6 Å². The number of guanidine groups is 1. The highest BCUT2D eigenvalue weighted by Gasteiger charge is 2.16. The molecule has 0 atom stereocenters. The third kappa shape index (κ3) is 3.46. The first-order valence-corrected chi connectivity index (χ1v) is 7.07. The summed E-state index contributed by atoms with van der Waals surface area (Å²) < 4.78 is 13.8. The molecule has 1 aromatic carbocycles. The first-order chi connectivity index (χ1) is 9.22. The molecule has 19 heavy (non-hydrogen) atoms. The van der Waals surface area contributed by atoms with Gasteiger partial charge in [0.05, 0.1) is 11.7 Å². The predicted molar refractivity (Wildman–Crippen MR) is 77.9 cm³/mol. The van der Waals surface area contributed by atoms with E-state index in [1.54, 1.807) is 17.0 Å². The van der Waals surface area contributed by atoms with Crippen molar-refractivity contribution in [2.24, 2.45) is 10.7 Å². The molecule has 1 fully saturated rings. The van der Waals surface area contributed by atoms with Gasteiger partial charge in [0, 0.05) is 6.54 Å². The van der Waals surface area contributed by atoms with Crippen molar-refractivity contribution in [1.82, 2.24) is 0 Å². The molecule has 0 radical (unpaired) electrons. The van der Waals surface area contributed by atoms with Crippen LogP contribution in [0.3, 0.4) is 0 Å². The van der Waals surface area contributed by atoms with Gasteiger partial charge in [-0.15, -0.1) is 0 Å². The molecule has 3 nitrogen and oxygen atoms in total. The molecule has 1 aliphatic rings. The highest BCUT2D eigenvalue weighted by Crippen LogP contribution is 2.22. The molecule has 104 valence electrons. The van der Waals surface area contributed by atoms with E-state index in [2.05, 4.69) is 4.99 Å². The van der Waals surface area contributed by atoms with Crippen LogP contribution in [0.15, 0.2) is 29.3 Å². The van der Waals surface area contributed by atoms with Crippen LogP contribution in [-0.4, -0.2) is 18.5 Å². The summed E-state index contributed by atoms with van der Waals surface area (Å²) in [6.45, 7) is 2.57. The highest BCUT2D eigenvalue weighted by atomic mass is 19.1. The monoisotopic (exact) mass is 263 g/mol. The highest BCUT2D eigenvalue weighted by molar-refractivity contribution is 5.95. The van der Waals surface area contributed by atoms with E-state index >= 15 is 0 Å². The fraction of sp³-hybridized carbons (Fsp3) is 0.533. The maximum Gasteiger partial charge on any atom is 0.196 e. The van der Waals surface area contributed by atoms with E-state index in [1.165, 1.54) is 25.3 Å². The van der Waals surface area contributed by atoms with Crippen LogP contribution in [0.2, 0.25) is 0 Å². The number of anilines is 1. The molecule has 2 N–H and O–H groups in total. The Morgan fingerprint density at radius 2 is 2.00 bits per heavy atom. The van der Waals surface area contributed by atoms with Crippen molar-refractivity contribution in [3.05, 3.63) is 30.1 Å². The van der Waals surface area contributed by atoms with E-state index in [-0.39, 0.29) is 5.82 Å². The van der Waals surface area contributed by atoms with Gasteiger partial charge in [-0.25, -0.2) is 9.38 Å². The smallest absolute Gasteiger partial charge is 0.196 e. The molecule has 1 saturated carbocycles. The third-order valence-corrected chi connectivity index (χ3v) is 3.63. The van der Waals surface area contributed by atoms with Crippen molar-refractivity contribution >= 4 is 11.6 Å². The second-order valence-corrected chi connectivity index (χ2v) is 4.97. The average Bonchev–Trinajstić information content (AvgIpc) is 2.43. The van der Waals surface area contributed by atoms with Crippen molar-refractivity contribution < 1.29 is 4.39 Å². The number of aliphatic imine (C=N–C) groups is 1. The van der Waals surface area contributed by atoms with Crippen molar-refractivity contribution in [1.29, 1.82) is 0 Å². The number of hydrogen-bond acceptors (Lipinski definition) is 1. The zero-order valence-corrected chi connectivity index (χ0v) is 11.5. The van der Waals surface area contributed by atoms with E-state index < -0.39 is 0 Å². The van der Waals surface area contributed by atoms with Crippen LogP contribution in [-0.2, 0) is 0 Å². The lowest BCUT2D eigenvalue weighted by Crippen LogP contribution is -2.39. The molecule has 1 aromatic rings. The van der Waals surface area contributed by atoms with Crippen LogP contribution in [0.4, 0.5) is 10.1 Å². The summed E-state index contributed by atoms with van der Waals surface area (Å²) in [5.41, 5.74) is 6.57. The maximum absolute atomic E-state index is 13.8. The van der Waals surface area contributed by atoms with Crippen LogP contribution in [0.5, 0.6) is 0 Å². The van der Waals surface area contributed by atoms with Crippen LogP contribution in [0.1, 0.15) is 39.0 Å². The molecule has 0 aromatic heterocycles. The van der Waals surface area contributed by atoms with Gasteiger partial charge in [0.25, 0.3) is 0 Å². The topological polar surface area (TPSA) is 41.6 Å². The van der Waals surface area contributed by atoms with Crippen LogP contribution >= 0.6 is 0 Å².